The minimum absolute atomic E-state index is 0.0453. The molecular formula is C27H30N2O3S2. The minimum atomic E-state index is -3.70. The number of amides is 1. The summed E-state index contributed by atoms with van der Waals surface area (Å²) < 4.78 is 28.4. The molecule has 1 saturated heterocycles. The topological polar surface area (TPSA) is 66.5 Å². The zero-order valence-corrected chi connectivity index (χ0v) is 21.8. The molecular weight excluding hydrogens is 464 g/mol. The van der Waals surface area contributed by atoms with E-state index in [4.69, 9.17) is 0 Å². The van der Waals surface area contributed by atoms with Crippen molar-refractivity contribution in [3.8, 4) is 0 Å². The molecule has 178 valence electrons. The number of aryl methyl sites for hydroxylation is 2. The van der Waals surface area contributed by atoms with E-state index in [1.54, 1.807) is 36.0 Å². The molecule has 3 aromatic carbocycles. The molecule has 0 saturated carbocycles. The first-order valence-corrected chi connectivity index (χ1v) is 13.7. The third-order valence-electron chi connectivity index (χ3n) is 6.12. The van der Waals surface area contributed by atoms with Gasteiger partial charge in [0.1, 0.15) is 5.37 Å². The van der Waals surface area contributed by atoms with Crippen LogP contribution in [0.3, 0.4) is 0 Å². The first-order chi connectivity index (χ1) is 16.0. The van der Waals surface area contributed by atoms with Crippen LogP contribution in [0.1, 0.15) is 48.4 Å². The van der Waals surface area contributed by atoms with Crippen molar-refractivity contribution in [3.05, 3.63) is 89.0 Å². The van der Waals surface area contributed by atoms with Gasteiger partial charge >= 0.3 is 0 Å². The number of benzene rings is 3. The lowest BCUT2D eigenvalue weighted by Crippen LogP contribution is -2.27. The molecule has 1 amide bonds. The summed E-state index contributed by atoms with van der Waals surface area (Å²) in [5.41, 5.74) is 5.67. The molecule has 0 aromatic heterocycles. The van der Waals surface area contributed by atoms with Crippen LogP contribution in [0.5, 0.6) is 0 Å². The van der Waals surface area contributed by atoms with Gasteiger partial charge in [-0.1, -0.05) is 51.1 Å². The Labute approximate surface area is 206 Å². The van der Waals surface area contributed by atoms with E-state index in [-0.39, 0.29) is 21.6 Å². The normalized spacial score (nSPS) is 16.7. The van der Waals surface area contributed by atoms with Crippen molar-refractivity contribution < 1.29 is 13.2 Å². The second-order valence-electron chi connectivity index (χ2n) is 9.70. The van der Waals surface area contributed by atoms with E-state index >= 15 is 0 Å². The molecule has 34 heavy (non-hydrogen) atoms. The molecule has 4 rings (SSSR count). The largest absolute Gasteiger partial charge is 0.295 e. The van der Waals surface area contributed by atoms with Gasteiger partial charge in [-0.25, -0.2) is 8.42 Å². The number of carbonyl (C=O) groups excluding carboxylic acids is 1. The van der Waals surface area contributed by atoms with E-state index in [9.17, 15) is 13.2 Å². The summed E-state index contributed by atoms with van der Waals surface area (Å²) in [7, 11) is -3.70. The van der Waals surface area contributed by atoms with Gasteiger partial charge < -0.3 is 0 Å². The lowest BCUT2D eigenvalue weighted by molar-refractivity contribution is -0.115. The Hall–Kier alpha value is -2.77. The highest BCUT2D eigenvalue weighted by Gasteiger charge is 2.34. The molecule has 0 spiro atoms. The number of nitrogens with one attached hydrogen (secondary N) is 1. The zero-order chi connectivity index (χ0) is 24.7. The quantitative estimate of drug-likeness (QED) is 0.460. The summed E-state index contributed by atoms with van der Waals surface area (Å²) in [6.07, 6.45) is 0. The summed E-state index contributed by atoms with van der Waals surface area (Å²) in [6.45, 7) is 10.4. The van der Waals surface area contributed by atoms with E-state index in [2.05, 4.69) is 32.4 Å². The fraction of sp³-hybridized carbons (Fsp3) is 0.296. The predicted octanol–water partition coefficient (Wildman–Crippen LogP) is 6.18. The van der Waals surface area contributed by atoms with Crippen molar-refractivity contribution in [1.82, 2.24) is 0 Å². The maximum Gasteiger partial charge on any atom is 0.261 e. The van der Waals surface area contributed by atoms with Crippen molar-refractivity contribution in [1.29, 1.82) is 0 Å². The lowest BCUT2D eigenvalue weighted by Gasteiger charge is -2.25. The molecule has 0 radical (unpaired) electrons. The van der Waals surface area contributed by atoms with Gasteiger partial charge in [0.15, 0.2) is 0 Å². The van der Waals surface area contributed by atoms with Crippen LogP contribution in [-0.2, 0) is 20.2 Å². The number of rotatable bonds is 5. The second-order valence-corrected chi connectivity index (χ2v) is 12.4. The van der Waals surface area contributed by atoms with Crippen molar-refractivity contribution in [2.45, 2.75) is 50.3 Å². The molecule has 1 N–H and O–H groups in total. The Bertz CT molecular complexity index is 1310. The minimum Gasteiger partial charge on any atom is -0.295 e. The maximum absolute atomic E-state index is 12.9. The molecule has 1 aliphatic rings. The average molecular weight is 495 g/mol. The lowest BCUT2D eigenvalue weighted by atomic mass is 9.87. The van der Waals surface area contributed by atoms with E-state index in [1.807, 2.05) is 54.3 Å². The van der Waals surface area contributed by atoms with Gasteiger partial charge in [-0.15, -0.1) is 11.8 Å². The molecule has 1 atom stereocenters. The Morgan fingerprint density at radius 3 is 2.15 bits per heavy atom. The van der Waals surface area contributed by atoms with Gasteiger partial charge in [-0.2, -0.15) is 0 Å². The van der Waals surface area contributed by atoms with Gasteiger partial charge in [0.05, 0.1) is 10.6 Å². The zero-order valence-electron chi connectivity index (χ0n) is 20.1. The van der Waals surface area contributed by atoms with Crippen molar-refractivity contribution in [2.24, 2.45) is 0 Å². The fourth-order valence-corrected chi connectivity index (χ4v) is 6.13. The third kappa shape index (κ3) is 5.00. The van der Waals surface area contributed by atoms with Crippen molar-refractivity contribution in [3.63, 3.8) is 0 Å². The summed E-state index contributed by atoms with van der Waals surface area (Å²) in [6, 6.07) is 20.3. The Kier molecular flexibility index (Phi) is 6.53. The predicted molar refractivity (Wildman–Crippen MR) is 141 cm³/mol. The number of sulfonamides is 1. The SMILES string of the molecule is Cc1ccc(N2C(=O)CS[C@@H]2c2ccc(NS(=O)(=O)c3ccc(C(C)(C)C)cc3)cc2)cc1C. The van der Waals surface area contributed by atoms with Crippen molar-refractivity contribution in [2.75, 3.05) is 15.4 Å². The van der Waals surface area contributed by atoms with E-state index in [0.29, 0.717) is 11.4 Å². The van der Waals surface area contributed by atoms with E-state index in [0.717, 1.165) is 22.4 Å². The van der Waals surface area contributed by atoms with Gasteiger partial charge in [-0.3, -0.25) is 14.4 Å². The van der Waals surface area contributed by atoms with Crippen molar-refractivity contribution >= 4 is 39.1 Å². The second kappa shape index (κ2) is 9.12. The molecule has 0 aliphatic carbocycles. The Morgan fingerprint density at radius 1 is 0.912 bits per heavy atom. The number of hydrogen-bond donors (Lipinski definition) is 1. The molecule has 1 aliphatic heterocycles. The standard InChI is InChI=1S/C27H30N2O3S2/c1-18-6-13-23(16-19(18)2)29-25(30)17-33-26(29)20-7-11-22(12-8-20)28-34(31,32)24-14-9-21(10-15-24)27(3,4)5/h6-16,26,28H,17H2,1-5H3/t26-/m1/s1. The van der Waals surface area contributed by atoms with Gasteiger partial charge in [0.2, 0.25) is 5.91 Å². The van der Waals surface area contributed by atoms with Crippen LogP contribution in [0.25, 0.3) is 0 Å². The molecule has 5 nitrogen and oxygen atoms in total. The van der Waals surface area contributed by atoms with Crippen LogP contribution in [-0.4, -0.2) is 20.1 Å². The highest BCUT2D eigenvalue weighted by Crippen LogP contribution is 2.42. The smallest absolute Gasteiger partial charge is 0.261 e. The highest BCUT2D eigenvalue weighted by molar-refractivity contribution is 8.00. The summed E-state index contributed by atoms with van der Waals surface area (Å²) >= 11 is 1.57. The first kappa shape index (κ1) is 24.4. The van der Waals surface area contributed by atoms with Gasteiger partial charge in [0, 0.05) is 11.4 Å². The number of anilines is 2. The number of hydrogen-bond acceptors (Lipinski definition) is 4. The van der Waals surface area contributed by atoms with Gasteiger partial charge in [0.25, 0.3) is 10.0 Å². The maximum atomic E-state index is 12.9. The summed E-state index contributed by atoms with van der Waals surface area (Å²) in [5, 5.41) is -0.148. The fourth-order valence-electron chi connectivity index (χ4n) is 3.89. The Morgan fingerprint density at radius 2 is 1.56 bits per heavy atom. The summed E-state index contributed by atoms with van der Waals surface area (Å²) in [5.74, 6) is 0.484. The van der Waals surface area contributed by atoms with Crippen LogP contribution in [0, 0.1) is 13.8 Å². The summed E-state index contributed by atoms with van der Waals surface area (Å²) in [4.78, 5) is 14.7. The van der Waals surface area contributed by atoms with Crippen LogP contribution < -0.4 is 9.62 Å². The van der Waals surface area contributed by atoms with E-state index in [1.165, 1.54) is 5.56 Å². The van der Waals surface area contributed by atoms with Crippen LogP contribution >= 0.6 is 11.8 Å². The average Bonchev–Trinajstić information content (AvgIpc) is 3.17. The van der Waals surface area contributed by atoms with Crippen LogP contribution in [0.2, 0.25) is 0 Å². The molecule has 1 heterocycles. The number of nitrogens with zero attached hydrogens (tertiary/aromatic N) is 1. The van der Waals surface area contributed by atoms with Crippen LogP contribution in [0.15, 0.2) is 71.6 Å². The molecule has 0 unspecified atom stereocenters. The van der Waals surface area contributed by atoms with Crippen LogP contribution in [0.4, 0.5) is 11.4 Å². The van der Waals surface area contributed by atoms with Gasteiger partial charge in [-0.05, 0) is 77.9 Å². The van der Waals surface area contributed by atoms with E-state index < -0.39 is 10.0 Å². The molecule has 7 heteroatoms. The monoisotopic (exact) mass is 494 g/mol. The highest BCUT2D eigenvalue weighted by atomic mass is 32.2. The first-order valence-electron chi connectivity index (χ1n) is 11.2. The molecule has 3 aromatic rings. The molecule has 0 bridgehead atoms. The number of thioether (sulfide) groups is 1. The third-order valence-corrected chi connectivity index (χ3v) is 8.72. The number of carbonyl (C=O) groups is 1. The molecule has 1 fully saturated rings. The Balaban J connectivity index is 1.53.